The molecule has 0 aliphatic heterocycles. The fraction of sp³-hybridized carbons (Fsp3) is 0.500. The summed E-state index contributed by atoms with van der Waals surface area (Å²) in [5, 5.41) is 7.85. The number of nitriles is 1. The Kier molecular flexibility index (Phi) is 3.47. The van der Waals surface area contributed by atoms with Crippen LogP contribution in [0.15, 0.2) is 11.4 Å². The smallest absolute Gasteiger partial charge is 0.321 e. The second-order valence-electron chi connectivity index (χ2n) is 2.45. The summed E-state index contributed by atoms with van der Waals surface area (Å²) >= 11 is 0. The average molecular weight is 175 g/mol. The molecule has 4 nitrogen and oxygen atoms in total. The average Bonchev–Trinajstić information content (AvgIpc) is 1.79. The van der Waals surface area contributed by atoms with Gasteiger partial charge in [0.05, 0.1) is 0 Å². The minimum Gasteiger partial charge on any atom is -0.321 e. The number of nitrogens with zero attached hydrogens (tertiary/aromatic N) is 1. The van der Waals surface area contributed by atoms with Crippen LogP contribution in [0, 0.1) is 17.2 Å². The molecule has 0 saturated carbocycles. The molecule has 0 radical (unpaired) electrons. The first kappa shape index (κ1) is 10.4. The number of hydrogen-bond acceptors (Lipinski definition) is 2. The van der Waals surface area contributed by atoms with E-state index >= 15 is 0 Å². The Labute approximate surface area is 65.3 Å². The third kappa shape index (κ3) is 3.94. The summed E-state index contributed by atoms with van der Waals surface area (Å²) in [6, 6.07) is 1.47. The fourth-order valence-corrected chi connectivity index (χ4v) is 1.14. The van der Waals surface area contributed by atoms with Crippen LogP contribution in [-0.4, -0.2) is 9.79 Å². The molecule has 0 aromatic rings. The minimum atomic E-state index is -4.33. The summed E-state index contributed by atoms with van der Waals surface area (Å²) in [6.07, 6.45) is 1.26. The van der Waals surface area contributed by atoms with Gasteiger partial charge >= 0.3 is 7.60 Å². The largest absolute Gasteiger partial charge is 0.366 e. The predicted molar refractivity (Wildman–Crippen MR) is 40.6 cm³/mol. The molecular weight excluding hydrogens is 165 g/mol. The number of rotatable bonds is 2. The van der Waals surface area contributed by atoms with Crippen molar-refractivity contribution in [3.63, 3.8) is 0 Å². The maximum absolute atomic E-state index is 10.5. The summed E-state index contributed by atoms with van der Waals surface area (Å²) in [4.78, 5) is 17.1. The molecule has 0 rings (SSSR count). The second-order valence-corrected chi connectivity index (χ2v) is 4.02. The summed E-state index contributed by atoms with van der Waals surface area (Å²) in [7, 11) is -4.33. The standard InChI is InChI=1S/C6H10NO3P/c1-5(2)3-6(4-7)11(8,9)10/h3,5H,1-2H3,(H2,8,9,10)/b6-3+. The maximum atomic E-state index is 10.5. The van der Waals surface area contributed by atoms with Crippen LogP contribution in [0.25, 0.3) is 0 Å². The van der Waals surface area contributed by atoms with Crippen molar-refractivity contribution in [2.24, 2.45) is 5.92 Å². The fourth-order valence-electron chi connectivity index (χ4n) is 0.515. The van der Waals surface area contributed by atoms with Crippen molar-refractivity contribution in [1.82, 2.24) is 0 Å². The van der Waals surface area contributed by atoms with Gasteiger partial charge < -0.3 is 9.79 Å². The first-order valence-electron chi connectivity index (χ1n) is 3.06. The van der Waals surface area contributed by atoms with Gasteiger partial charge in [-0.2, -0.15) is 5.26 Å². The van der Waals surface area contributed by atoms with Gasteiger partial charge in [0, 0.05) is 0 Å². The highest BCUT2D eigenvalue weighted by Crippen LogP contribution is 2.44. The zero-order valence-corrected chi connectivity index (χ0v) is 7.25. The summed E-state index contributed by atoms with van der Waals surface area (Å²) in [5.41, 5.74) is 0. The molecule has 0 aromatic heterocycles. The molecule has 0 aromatic carbocycles. The van der Waals surface area contributed by atoms with Crippen LogP contribution in [-0.2, 0) is 4.57 Å². The second kappa shape index (κ2) is 3.68. The van der Waals surface area contributed by atoms with Gasteiger partial charge in [0.25, 0.3) is 0 Å². The first-order chi connectivity index (χ1) is 4.88. The first-order valence-corrected chi connectivity index (χ1v) is 4.67. The van der Waals surface area contributed by atoms with E-state index in [0.29, 0.717) is 0 Å². The lowest BCUT2D eigenvalue weighted by atomic mass is 10.2. The lowest BCUT2D eigenvalue weighted by Crippen LogP contribution is -1.86. The Bertz CT molecular complexity index is 245. The van der Waals surface area contributed by atoms with Crippen molar-refractivity contribution in [2.75, 3.05) is 0 Å². The monoisotopic (exact) mass is 175 g/mol. The van der Waals surface area contributed by atoms with Crippen LogP contribution < -0.4 is 0 Å². The molecule has 0 aliphatic rings. The van der Waals surface area contributed by atoms with E-state index in [1.807, 2.05) is 0 Å². The molecule has 0 saturated heterocycles. The van der Waals surface area contributed by atoms with E-state index in [9.17, 15) is 4.57 Å². The lowest BCUT2D eigenvalue weighted by Gasteiger charge is -2.01. The quantitative estimate of drug-likeness (QED) is 0.488. The van der Waals surface area contributed by atoms with Gasteiger partial charge in [-0.05, 0) is 5.92 Å². The van der Waals surface area contributed by atoms with Gasteiger partial charge in [-0.3, -0.25) is 4.57 Å². The van der Waals surface area contributed by atoms with Gasteiger partial charge in [0.1, 0.15) is 11.4 Å². The Morgan fingerprint density at radius 2 is 2.09 bits per heavy atom. The molecule has 0 bridgehead atoms. The van der Waals surface area contributed by atoms with Crippen molar-refractivity contribution < 1.29 is 14.4 Å². The van der Waals surface area contributed by atoms with Crippen molar-refractivity contribution in [2.45, 2.75) is 13.8 Å². The highest BCUT2D eigenvalue weighted by atomic mass is 31.2. The van der Waals surface area contributed by atoms with Crippen LogP contribution in [0.4, 0.5) is 0 Å². The van der Waals surface area contributed by atoms with Gasteiger partial charge in [-0.25, -0.2) is 0 Å². The Hall–Kier alpha value is -0.620. The van der Waals surface area contributed by atoms with E-state index < -0.39 is 12.9 Å². The van der Waals surface area contributed by atoms with Crippen molar-refractivity contribution >= 4 is 7.60 Å². The van der Waals surface area contributed by atoms with Crippen molar-refractivity contribution in [3.8, 4) is 6.07 Å². The molecule has 0 heterocycles. The highest BCUT2D eigenvalue weighted by molar-refractivity contribution is 7.56. The third-order valence-corrected chi connectivity index (χ3v) is 1.80. The molecule has 0 unspecified atom stereocenters. The molecule has 2 N–H and O–H groups in total. The molecule has 62 valence electrons. The molecule has 0 atom stereocenters. The zero-order valence-electron chi connectivity index (χ0n) is 6.35. The molecule has 0 fully saturated rings. The van der Waals surface area contributed by atoms with E-state index in [1.165, 1.54) is 12.1 Å². The van der Waals surface area contributed by atoms with E-state index in [1.54, 1.807) is 13.8 Å². The molecule has 0 amide bonds. The van der Waals surface area contributed by atoms with Crippen molar-refractivity contribution in [3.05, 3.63) is 11.4 Å². The van der Waals surface area contributed by atoms with E-state index in [-0.39, 0.29) is 5.92 Å². The number of allylic oxidation sites excluding steroid dienone is 2. The SMILES string of the molecule is CC(C)/C=C(\C#N)P(=O)(O)O. The van der Waals surface area contributed by atoms with Crippen molar-refractivity contribution in [1.29, 1.82) is 5.26 Å². The van der Waals surface area contributed by atoms with Gasteiger partial charge in [0.15, 0.2) is 0 Å². The Balaban J connectivity index is 4.74. The van der Waals surface area contributed by atoms with Crippen LogP contribution in [0.5, 0.6) is 0 Å². The molecule has 0 spiro atoms. The normalized spacial score (nSPS) is 13.3. The third-order valence-electron chi connectivity index (χ3n) is 0.920. The van der Waals surface area contributed by atoms with E-state index in [4.69, 9.17) is 15.0 Å². The molecule has 0 aliphatic carbocycles. The van der Waals surface area contributed by atoms with Crippen LogP contribution in [0.3, 0.4) is 0 Å². The molecule has 5 heteroatoms. The van der Waals surface area contributed by atoms with E-state index in [2.05, 4.69) is 0 Å². The molecule has 11 heavy (non-hydrogen) atoms. The number of hydrogen-bond donors (Lipinski definition) is 2. The topological polar surface area (TPSA) is 81.3 Å². The van der Waals surface area contributed by atoms with E-state index in [0.717, 1.165) is 0 Å². The minimum absolute atomic E-state index is 0.0303. The highest BCUT2D eigenvalue weighted by Gasteiger charge is 2.20. The Morgan fingerprint density at radius 3 is 2.18 bits per heavy atom. The summed E-state index contributed by atoms with van der Waals surface area (Å²) < 4.78 is 10.5. The summed E-state index contributed by atoms with van der Waals surface area (Å²) in [6.45, 7) is 3.49. The van der Waals surface area contributed by atoms with Crippen LogP contribution in [0.2, 0.25) is 0 Å². The van der Waals surface area contributed by atoms with Crippen LogP contribution in [0.1, 0.15) is 13.8 Å². The van der Waals surface area contributed by atoms with Gasteiger partial charge in [-0.1, -0.05) is 19.9 Å². The predicted octanol–water partition coefficient (Wildman–Crippen LogP) is 1.23. The van der Waals surface area contributed by atoms with Gasteiger partial charge in [-0.15, -0.1) is 0 Å². The lowest BCUT2D eigenvalue weighted by molar-refractivity contribution is 0.383. The van der Waals surface area contributed by atoms with Gasteiger partial charge in [0.2, 0.25) is 0 Å². The Morgan fingerprint density at radius 1 is 1.64 bits per heavy atom. The molecular formula is C6H10NO3P. The summed E-state index contributed by atoms with van der Waals surface area (Å²) in [5.74, 6) is -0.0303. The zero-order chi connectivity index (χ0) is 9.07. The van der Waals surface area contributed by atoms with Crippen LogP contribution >= 0.6 is 7.60 Å². The maximum Gasteiger partial charge on any atom is 0.366 e.